The van der Waals surface area contributed by atoms with Crippen LogP contribution in [0.3, 0.4) is 0 Å². The summed E-state index contributed by atoms with van der Waals surface area (Å²) < 4.78 is 0. The maximum atomic E-state index is 11.6. The molecule has 1 rings (SSSR count). The maximum Gasteiger partial charge on any atom is 0.234 e. The Morgan fingerprint density at radius 3 is 2.47 bits per heavy atom. The van der Waals surface area contributed by atoms with Crippen molar-refractivity contribution in [1.29, 1.82) is 0 Å². The van der Waals surface area contributed by atoms with E-state index in [-0.39, 0.29) is 5.91 Å². The Bertz CT molecular complexity index is 211. The van der Waals surface area contributed by atoms with E-state index in [1.165, 1.54) is 25.7 Å². The molecule has 1 fully saturated rings. The van der Waals surface area contributed by atoms with Gasteiger partial charge in [0.2, 0.25) is 5.91 Å². The Labute approximate surface area is 105 Å². The molecule has 1 aliphatic rings. The molecule has 17 heavy (non-hydrogen) atoms. The van der Waals surface area contributed by atoms with Gasteiger partial charge in [0.05, 0.1) is 6.54 Å². The van der Waals surface area contributed by atoms with Gasteiger partial charge in [-0.15, -0.1) is 0 Å². The maximum absolute atomic E-state index is 11.6. The molecule has 0 aliphatic heterocycles. The molecule has 0 atom stereocenters. The molecule has 0 heterocycles. The number of rotatable bonds is 8. The largest absolute Gasteiger partial charge is 0.354 e. The molecule has 0 aromatic rings. The topological polar surface area (TPSA) is 44.4 Å². The molecule has 1 amide bonds. The molecule has 0 saturated heterocycles. The number of likely N-dealkylation sites (N-methyl/N-ethyl adjacent to an activating group) is 1. The highest BCUT2D eigenvalue weighted by atomic mass is 16.1. The number of nitrogens with one attached hydrogen (secondary N) is 2. The summed E-state index contributed by atoms with van der Waals surface area (Å²) >= 11 is 0. The molecule has 0 radical (unpaired) electrons. The summed E-state index contributed by atoms with van der Waals surface area (Å²) in [7, 11) is 0. The molecule has 0 spiro atoms. The van der Waals surface area contributed by atoms with E-state index in [9.17, 15) is 4.79 Å². The fourth-order valence-corrected chi connectivity index (χ4v) is 2.32. The first kappa shape index (κ1) is 14.5. The summed E-state index contributed by atoms with van der Waals surface area (Å²) in [5, 5.41) is 6.28. The number of carbonyl (C=O) groups excluding carboxylic acids is 1. The number of nitrogens with zero attached hydrogens (tertiary/aromatic N) is 1. The van der Waals surface area contributed by atoms with Crippen LogP contribution in [-0.2, 0) is 4.79 Å². The molecule has 1 saturated carbocycles. The average Bonchev–Trinajstić information content (AvgIpc) is 2.85. The van der Waals surface area contributed by atoms with Crippen molar-refractivity contribution >= 4 is 5.91 Å². The van der Waals surface area contributed by atoms with Crippen LogP contribution in [0.5, 0.6) is 0 Å². The third kappa shape index (κ3) is 6.03. The summed E-state index contributed by atoms with van der Waals surface area (Å²) in [5.41, 5.74) is 0. The molecule has 1 aliphatic carbocycles. The van der Waals surface area contributed by atoms with E-state index in [2.05, 4.69) is 29.4 Å². The van der Waals surface area contributed by atoms with Crippen molar-refractivity contribution in [3.8, 4) is 0 Å². The van der Waals surface area contributed by atoms with Gasteiger partial charge in [-0.3, -0.25) is 4.79 Å². The fraction of sp³-hybridized carbons (Fsp3) is 0.923. The van der Waals surface area contributed by atoms with Gasteiger partial charge in [0, 0.05) is 19.1 Å². The third-order valence-electron chi connectivity index (χ3n) is 3.55. The molecule has 4 nitrogen and oxygen atoms in total. The minimum absolute atomic E-state index is 0.129. The van der Waals surface area contributed by atoms with E-state index in [0.29, 0.717) is 12.6 Å². The standard InChI is InChI=1S/C13H27N3O/c1-3-16(4-2)10-9-14-13(17)11-15-12-7-5-6-8-12/h12,15H,3-11H2,1-2H3,(H,14,17). The SMILES string of the molecule is CCN(CC)CCNC(=O)CNC1CCCC1. The van der Waals surface area contributed by atoms with E-state index in [0.717, 1.165) is 26.2 Å². The van der Waals surface area contributed by atoms with Gasteiger partial charge in [0.1, 0.15) is 0 Å². The summed E-state index contributed by atoms with van der Waals surface area (Å²) in [6, 6.07) is 0.573. The van der Waals surface area contributed by atoms with Crippen molar-refractivity contribution in [3.05, 3.63) is 0 Å². The quantitative estimate of drug-likeness (QED) is 0.666. The van der Waals surface area contributed by atoms with Crippen LogP contribution in [0.2, 0.25) is 0 Å². The van der Waals surface area contributed by atoms with Crippen LogP contribution in [-0.4, -0.2) is 49.6 Å². The molecule has 4 heteroatoms. The lowest BCUT2D eigenvalue weighted by Gasteiger charge is -2.18. The normalized spacial score (nSPS) is 16.6. The number of amides is 1. The molecular weight excluding hydrogens is 214 g/mol. The van der Waals surface area contributed by atoms with Gasteiger partial charge in [0.15, 0.2) is 0 Å². The first-order chi connectivity index (χ1) is 8.26. The van der Waals surface area contributed by atoms with Gasteiger partial charge in [-0.25, -0.2) is 0 Å². The molecule has 2 N–H and O–H groups in total. The van der Waals surface area contributed by atoms with Crippen molar-refractivity contribution in [1.82, 2.24) is 15.5 Å². The lowest BCUT2D eigenvalue weighted by atomic mass is 10.2. The smallest absolute Gasteiger partial charge is 0.234 e. The Hall–Kier alpha value is -0.610. The first-order valence-corrected chi connectivity index (χ1v) is 6.98. The lowest BCUT2D eigenvalue weighted by Crippen LogP contribution is -2.41. The Morgan fingerprint density at radius 1 is 1.24 bits per heavy atom. The second-order valence-electron chi connectivity index (χ2n) is 4.74. The van der Waals surface area contributed by atoms with E-state index in [4.69, 9.17) is 0 Å². The van der Waals surface area contributed by atoms with Gasteiger partial charge in [-0.1, -0.05) is 26.7 Å². The molecule has 0 bridgehead atoms. The van der Waals surface area contributed by atoms with Gasteiger partial charge in [-0.2, -0.15) is 0 Å². The van der Waals surface area contributed by atoms with Gasteiger partial charge in [0.25, 0.3) is 0 Å². The summed E-state index contributed by atoms with van der Waals surface area (Å²) in [6.45, 7) is 8.57. The fourth-order valence-electron chi connectivity index (χ4n) is 2.32. The van der Waals surface area contributed by atoms with Crippen molar-refractivity contribution < 1.29 is 4.79 Å². The zero-order chi connectivity index (χ0) is 12.5. The van der Waals surface area contributed by atoms with Crippen LogP contribution in [0.4, 0.5) is 0 Å². The average molecular weight is 241 g/mol. The van der Waals surface area contributed by atoms with Crippen LogP contribution < -0.4 is 10.6 Å². The summed E-state index contributed by atoms with van der Waals surface area (Å²) in [5.74, 6) is 0.129. The number of hydrogen-bond acceptors (Lipinski definition) is 3. The van der Waals surface area contributed by atoms with Crippen molar-refractivity contribution in [3.63, 3.8) is 0 Å². The minimum Gasteiger partial charge on any atom is -0.354 e. The zero-order valence-electron chi connectivity index (χ0n) is 11.3. The predicted molar refractivity (Wildman–Crippen MR) is 71.1 cm³/mol. The van der Waals surface area contributed by atoms with E-state index < -0.39 is 0 Å². The molecular formula is C13H27N3O. The molecule has 0 aromatic heterocycles. The predicted octanol–water partition coefficient (Wildman–Crippen LogP) is 0.977. The van der Waals surface area contributed by atoms with Crippen molar-refractivity contribution in [2.75, 3.05) is 32.7 Å². The Kier molecular flexibility index (Phi) is 7.21. The molecule has 100 valence electrons. The highest BCUT2D eigenvalue weighted by Crippen LogP contribution is 2.17. The van der Waals surface area contributed by atoms with Crippen LogP contribution in [0.15, 0.2) is 0 Å². The van der Waals surface area contributed by atoms with Crippen LogP contribution in [0.1, 0.15) is 39.5 Å². The first-order valence-electron chi connectivity index (χ1n) is 6.98. The number of hydrogen-bond donors (Lipinski definition) is 2. The number of carbonyl (C=O) groups is 1. The van der Waals surface area contributed by atoms with E-state index >= 15 is 0 Å². The van der Waals surface area contributed by atoms with Gasteiger partial charge < -0.3 is 15.5 Å². The minimum atomic E-state index is 0.129. The lowest BCUT2D eigenvalue weighted by molar-refractivity contribution is -0.120. The highest BCUT2D eigenvalue weighted by Gasteiger charge is 2.14. The van der Waals surface area contributed by atoms with Crippen molar-refractivity contribution in [2.24, 2.45) is 0 Å². The van der Waals surface area contributed by atoms with E-state index in [1.807, 2.05) is 0 Å². The summed E-state index contributed by atoms with van der Waals surface area (Å²) in [4.78, 5) is 13.9. The summed E-state index contributed by atoms with van der Waals surface area (Å²) in [6.07, 6.45) is 5.07. The van der Waals surface area contributed by atoms with Crippen LogP contribution in [0, 0.1) is 0 Å². The molecule has 0 aromatic carbocycles. The highest BCUT2D eigenvalue weighted by molar-refractivity contribution is 5.77. The molecule has 0 unspecified atom stereocenters. The third-order valence-corrected chi connectivity index (χ3v) is 3.55. The van der Waals surface area contributed by atoms with Crippen LogP contribution in [0.25, 0.3) is 0 Å². The Morgan fingerprint density at radius 2 is 1.88 bits per heavy atom. The van der Waals surface area contributed by atoms with Crippen molar-refractivity contribution in [2.45, 2.75) is 45.6 Å². The zero-order valence-corrected chi connectivity index (χ0v) is 11.3. The monoisotopic (exact) mass is 241 g/mol. The second kappa shape index (κ2) is 8.48. The van der Waals surface area contributed by atoms with Crippen LogP contribution >= 0.6 is 0 Å². The Balaban J connectivity index is 2.00. The van der Waals surface area contributed by atoms with Gasteiger partial charge in [-0.05, 0) is 25.9 Å². The van der Waals surface area contributed by atoms with E-state index in [1.54, 1.807) is 0 Å². The van der Waals surface area contributed by atoms with Gasteiger partial charge >= 0.3 is 0 Å². The second-order valence-corrected chi connectivity index (χ2v) is 4.74.